The lowest BCUT2D eigenvalue weighted by Crippen LogP contribution is -2.80. The number of hydrogen-bond donors (Lipinski definition) is 1. The maximum absolute atomic E-state index is 12.9. The number of likely N-dealkylation sites (tertiary alicyclic amines) is 1. The molecule has 0 bridgehead atoms. The molecule has 1 saturated heterocycles. The highest BCUT2D eigenvalue weighted by atomic mass is 32.1. The number of nitrogens with one attached hydrogen (secondary N) is 1. The van der Waals surface area contributed by atoms with E-state index in [2.05, 4.69) is 5.32 Å². The Bertz CT molecular complexity index is 753. The number of hydrogen-bond acceptors (Lipinski definition) is 6. The number of methoxy groups -OCH3 is 1. The zero-order chi connectivity index (χ0) is 18.8. The fraction of sp³-hybridized carbons (Fsp3) is 0.294. The molecule has 1 aromatic rings. The van der Waals surface area contributed by atoms with E-state index in [0.717, 1.165) is 4.90 Å². The number of benzene rings is 1. The van der Waals surface area contributed by atoms with Gasteiger partial charge in [-0.2, -0.15) is 0 Å². The quantitative estimate of drug-likeness (QED) is 0.281. The first kappa shape index (κ1) is 18.6. The molecule has 0 spiro atoms. The minimum Gasteiger partial charge on any atom is -0.464 e. The SMILES string of the molecule is COC(=O)C(=C(C)C)N1C(=O)C(NC(C)=O)(Oc2ccccc2)C1=S. The Morgan fingerprint density at radius 3 is 2.20 bits per heavy atom. The number of carbonyl (C=O) groups is 3. The molecule has 1 fully saturated rings. The van der Waals surface area contributed by atoms with Crippen LogP contribution in [0.4, 0.5) is 0 Å². The number of para-hydroxylation sites is 1. The second kappa shape index (κ2) is 7.02. The van der Waals surface area contributed by atoms with Crippen LogP contribution in [0.5, 0.6) is 5.75 Å². The molecule has 7 nitrogen and oxygen atoms in total. The molecule has 0 radical (unpaired) electrons. The predicted molar refractivity (Wildman–Crippen MR) is 93.5 cm³/mol. The average molecular weight is 362 g/mol. The van der Waals surface area contributed by atoms with Crippen LogP contribution < -0.4 is 10.1 Å². The molecular formula is C17H18N2O5S. The summed E-state index contributed by atoms with van der Waals surface area (Å²) in [5.74, 6) is -1.52. The van der Waals surface area contributed by atoms with Crippen molar-refractivity contribution in [2.24, 2.45) is 0 Å². The van der Waals surface area contributed by atoms with Gasteiger partial charge in [0.1, 0.15) is 11.4 Å². The van der Waals surface area contributed by atoms with Crippen molar-refractivity contribution in [3.63, 3.8) is 0 Å². The third-order valence-electron chi connectivity index (χ3n) is 3.45. The third kappa shape index (κ3) is 3.25. The van der Waals surface area contributed by atoms with Crippen molar-refractivity contribution in [2.45, 2.75) is 26.5 Å². The molecule has 0 aliphatic carbocycles. The molecule has 1 aromatic carbocycles. The van der Waals surface area contributed by atoms with Gasteiger partial charge >= 0.3 is 17.6 Å². The summed E-state index contributed by atoms with van der Waals surface area (Å²) < 4.78 is 10.4. The number of esters is 1. The number of allylic oxidation sites excluding steroid dienone is 1. The lowest BCUT2D eigenvalue weighted by atomic mass is 9.99. The van der Waals surface area contributed by atoms with Crippen LogP contribution in [-0.4, -0.2) is 40.5 Å². The highest BCUT2D eigenvalue weighted by Crippen LogP contribution is 2.34. The first-order valence-electron chi connectivity index (χ1n) is 7.42. The molecule has 1 aliphatic rings. The van der Waals surface area contributed by atoms with Crippen LogP contribution in [0, 0.1) is 0 Å². The van der Waals surface area contributed by atoms with Gasteiger partial charge in [0.05, 0.1) is 7.11 Å². The van der Waals surface area contributed by atoms with E-state index in [-0.39, 0.29) is 10.7 Å². The largest absolute Gasteiger partial charge is 0.464 e. The van der Waals surface area contributed by atoms with Crippen molar-refractivity contribution in [1.82, 2.24) is 10.2 Å². The first-order valence-corrected chi connectivity index (χ1v) is 7.83. The second-order valence-electron chi connectivity index (χ2n) is 5.56. The zero-order valence-electron chi connectivity index (χ0n) is 14.3. The van der Waals surface area contributed by atoms with Crippen LogP contribution in [0.15, 0.2) is 41.6 Å². The fourth-order valence-electron chi connectivity index (χ4n) is 2.40. The molecule has 1 N–H and O–H groups in total. The molecule has 8 heteroatoms. The average Bonchev–Trinajstić information content (AvgIpc) is 2.57. The summed E-state index contributed by atoms with van der Waals surface area (Å²) in [5.41, 5.74) is -1.29. The van der Waals surface area contributed by atoms with Crippen LogP contribution in [0.2, 0.25) is 0 Å². The predicted octanol–water partition coefficient (Wildman–Crippen LogP) is 1.53. The maximum Gasteiger partial charge on any atom is 0.355 e. The summed E-state index contributed by atoms with van der Waals surface area (Å²) in [7, 11) is 1.21. The van der Waals surface area contributed by atoms with Gasteiger partial charge < -0.3 is 14.8 Å². The minimum atomic E-state index is -1.84. The van der Waals surface area contributed by atoms with Crippen molar-refractivity contribution in [3.8, 4) is 5.75 Å². The van der Waals surface area contributed by atoms with Crippen LogP contribution in [-0.2, 0) is 19.1 Å². The Morgan fingerprint density at radius 1 is 1.16 bits per heavy atom. The van der Waals surface area contributed by atoms with Gasteiger partial charge in [0.2, 0.25) is 5.91 Å². The van der Waals surface area contributed by atoms with E-state index in [9.17, 15) is 14.4 Å². The molecule has 2 amide bonds. The van der Waals surface area contributed by atoms with Crippen molar-refractivity contribution in [1.29, 1.82) is 0 Å². The van der Waals surface area contributed by atoms with Crippen molar-refractivity contribution >= 4 is 35.0 Å². The number of amides is 2. The number of ether oxygens (including phenoxy) is 2. The Kier molecular flexibility index (Phi) is 5.22. The summed E-state index contributed by atoms with van der Waals surface area (Å²) in [6.07, 6.45) is 0. The Balaban J connectivity index is 2.43. The Labute approximate surface area is 150 Å². The van der Waals surface area contributed by atoms with Gasteiger partial charge in [0.25, 0.3) is 0 Å². The molecule has 0 aromatic heterocycles. The summed E-state index contributed by atoms with van der Waals surface area (Å²) in [6.45, 7) is 4.55. The highest BCUT2D eigenvalue weighted by molar-refractivity contribution is 7.80. The van der Waals surface area contributed by atoms with Gasteiger partial charge in [-0.15, -0.1) is 0 Å². The van der Waals surface area contributed by atoms with Crippen LogP contribution in [0.1, 0.15) is 20.8 Å². The molecule has 132 valence electrons. The van der Waals surface area contributed by atoms with Gasteiger partial charge in [0, 0.05) is 6.92 Å². The maximum atomic E-state index is 12.9. The summed E-state index contributed by atoms with van der Waals surface area (Å²) >= 11 is 5.32. The van der Waals surface area contributed by atoms with Crippen molar-refractivity contribution in [3.05, 3.63) is 41.6 Å². The second-order valence-corrected chi connectivity index (χ2v) is 5.95. The molecule has 1 atom stereocenters. The number of rotatable bonds is 5. The van der Waals surface area contributed by atoms with Gasteiger partial charge in [-0.05, 0) is 31.6 Å². The van der Waals surface area contributed by atoms with E-state index >= 15 is 0 Å². The molecular weight excluding hydrogens is 344 g/mol. The molecule has 1 aliphatic heterocycles. The summed E-state index contributed by atoms with van der Waals surface area (Å²) in [6, 6.07) is 8.48. The van der Waals surface area contributed by atoms with Gasteiger partial charge in [-0.25, -0.2) is 4.79 Å². The number of carbonyl (C=O) groups excluding carboxylic acids is 3. The molecule has 2 rings (SSSR count). The Hall–Kier alpha value is -2.74. The van der Waals surface area contributed by atoms with Gasteiger partial charge in [0.15, 0.2) is 4.99 Å². The van der Waals surface area contributed by atoms with E-state index in [1.165, 1.54) is 14.0 Å². The molecule has 1 heterocycles. The molecule has 25 heavy (non-hydrogen) atoms. The number of nitrogens with zero attached hydrogens (tertiary/aromatic N) is 1. The van der Waals surface area contributed by atoms with E-state index in [1.54, 1.807) is 44.2 Å². The van der Waals surface area contributed by atoms with E-state index in [0.29, 0.717) is 11.3 Å². The third-order valence-corrected chi connectivity index (χ3v) is 3.92. The topological polar surface area (TPSA) is 84.9 Å². The normalized spacial score (nSPS) is 19.0. The zero-order valence-corrected chi connectivity index (χ0v) is 15.1. The van der Waals surface area contributed by atoms with Crippen LogP contribution >= 0.6 is 12.2 Å². The first-order chi connectivity index (χ1) is 11.7. The lowest BCUT2D eigenvalue weighted by molar-refractivity contribution is -0.154. The van der Waals surface area contributed by atoms with Gasteiger partial charge in [-0.3, -0.25) is 14.5 Å². The van der Waals surface area contributed by atoms with Crippen molar-refractivity contribution in [2.75, 3.05) is 7.11 Å². The fourth-order valence-corrected chi connectivity index (χ4v) is 2.75. The number of β-lactam (4-membered cyclic amide) rings is 1. The number of thiocarbonyl (C=S) groups is 1. The highest BCUT2D eigenvalue weighted by Gasteiger charge is 2.63. The molecule has 0 saturated carbocycles. The van der Waals surface area contributed by atoms with E-state index < -0.39 is 23.5 Å². The smallest absolute Gasteiger partial charge is 0.355 e. The standard InChI is InChI=1S/C17H18N2O5S/c1-10(2)13(14(21)23-4)19-15(22)17(16(19)25,18-11(3)20)24-12-8-6-5-7-9-12/h5-9H,1-4H3,(H,18,20). The lowest BCUT2D eigenvalue weighted by Gasteiger charge is -2.48. The monoisotopic (exact) mass is 362 g/mol. The van der Waals surface area contributed by atoms with Gasteiger partial charge in [-0.1, -0.05) is 30.4 Å². The van der Waals surface area contributed by atoms with E-state index in [4.69, 9.17) is 21.7 Å². The summed E-state index contributed by atoms with van der Waals surface area (Å²) in [5, 5.41) is 2.45. The van der Waals surface area contributed by atoms with E-state index in [1.807, 2.05) is 0 Å². The minimum absolute atomic E-state index is 0.00939. The summed E-state index contributed by atoms with van der Waals surface area (Å²) in [4.78, 5) is 37.5. The molecule has 1 unspecified atom stereocenters. The van der Waals surface area contributed by atoms with Crippen LogP contribution in [0.25, 0.3) is 0 Å². The van der Waals surface area contributed by atoms with Crippen molar-refractivity contribution < 1.29 is 23.9 Å². The van der Waals surface area contributed by atoms with Crippen LogP contribution in [0.3, 0.4) is 0 Å². The Morgan fingerprint density at radius 2 is 1.76 bits per heavy atom.